The highest BCUT2D eigenvalue weighted by molar-refractivity contribution is 5.89. The SMILES string of the molecule is Cc1nc(-c2ccccc2)cc(N2CCN(C(=O)C3CC(=O)N(C(C)C)C3)CC2)n1. The maximum absolute atomic E-state index is 13.0. The van der Waals surface area contributed by atoms with Crippen LogP contribution in [0.1, 0.15) is 26.1 Å². The van der Waals surface area contributed by atoms with Crippen LogP contribution in [0, 0.1) is 12.8 Å². The average molecular weight is 408 g/mol. The van der Waals surface area contributed by atoms with Crippen molar-refractivity contribution in [3.05, 3.63) is 42.2 Å². The van der Waals surface area contributed by atoms with E-state index >= 15 is 0 Å². The van der Waals surface area contributed by atoms with E-state index < -0.39 is 0 Å². The fourth-order valence-electron chi connectivity index (χ4n) is 4.28. The minimum Gasteiger partial charge on any atom is -0.353 e. The molecule has 0 saturated carbocycles. The van der Waals surface area contributed by atoms with Crippen LogP contribution < -0.4 is 4.90 Å². The van der Waals surface area contributed by atoms with E-state index in [4.69, 9.17) is 0 Å². The van der Waals surface area contributed by atoms with Gasteiger partial charge in [0.2, 0.25) is 11.8 Å². The molecule has 0 spiro atoms. The summed E-state index contributed by atoms with van der Waals surface area (Å²) in [6.45, 7) is 9.20. The largest absolute Gasteiger partial charge is 0.353 e. The molecular formula is C23H29N5O2. The third kappa shape index (κ3) is 4.15. The van der Waals surface area contributed by atoms with Gasteiger partial charge in [-0.25, -0.2) is 9.97 Å². The lowest BCUT2D eigenvalue weighted by Gasteiger charge is -2.36. The molecule has 0 bridgehead atoms. The van der Waals surface area contributed by atoms with Gasteiger partial charge in [0, 0.05) is 56.8 Å². The summed E-state index contributed by atoms with van der Waals surface area (Å²) in [6, 6.07) is 12.3. The van der Waals surface area contributed by atoms with E-state index in [0.717, 1.165) is 36.0 Å². The molecular weight excluding hydrogens is 378 g/mol. The van der Waals surface area contributed by atoms with Crippen molar-refractivity contribution in [2.75, 3.05) is 37.6 Å². The Labute approximate surface area is 177 Å². The number of aromatic nitrogens is 2. The molecule has 2 aromatic rings. The van der Waals surface area contributed by atoms with Gasteiger partial charge in [-0.15, -0.1) is 0 Å². The standard InChI is InChI=1S/C23H29N5O2/c1-16(2)28-15-19(13-22(28)29)23(30)27-11-9-26(10-12-27)21-14-20(24-17(3)25-21)18-7-5-4-6-8-18/h4-8,14,16,19H,9-13,15H2,1-3H3. The molecule has 1 atom stereocenters. The number of hydrogen-bond acceptors (Lipinski definition) is 5. The molecule has 3 heterocycles. The molecule has 0 radical (unpaired) electrons. The molecule has 7 nitrogen and oxygen atoms in total. The van der Waals surface area contributed by atoms with E-state index in [9.17, 15) is 9.59 Å². The summed E-state index contributed by atoms with van der Waals surface area (Å²) >= 11 is 0. The number of amides is 2. The fourth-order valence-corrected chi connectivity index (χ4v) is 4.28. The molecule has 4 rings (SSSR count). The third-order valence-corrected chi connectivity index (χ3v) is 5.94. The van der Waals surface area contributed by atoms with E-state index in [2.05, 4.69) is 14.9 Å². The molecule has 2 amide bonds. The Hall–Kier alpha value is -2.96. The quantitative estimate of drug-likeness (QED) is 0.778. The van der Waals surface area contributed by atoms with Gasteiger partial charge in [0.1, 0.15) is 11.6 Å². The monoisotopic (exact) mass is 407 g/mol. The van der Waals surface area contributed by atoms with E-state index in [1.807, 2.05) is 67.0 Å². The lowest BCUT2D eigenvalue weighted by molar-refractivity contribution is -0.136. The van der Waals surface area contributed by atoms with Crippen LogP contribution in [0.5, 0.6) is 0 Å². The predicted octanol–water partition coefficient (Wildman–Crippen LogP) is 2.36. The third-order valence-electron chi connectivity index (χ3n) is 5.94. The molecule has 0 aliphatic carbocycles. The zero-order valence-corrected chi connectivity index (χ0v) is 17.9. The van der Waals surface area contributed by atoms with Crippen molar-refractivity contribution in [3.63, 3.8) is 0 Å². The molecule has 2 aliphatic heterocycles. The molecule has 158 valence electrons. The first-order valence-corrected chi connectivity index (χ1v) is 10.7. The fraction of sp³-hybridized carbons (Fsp3) is 0.478. The number of carbonyl (C=O) groups is 2. The normalized spacial score (nSPS) is 19.7. The van der Waals surface area contributed by atoms with Gasteiger partial charge >= 0.3 is 0 Å². The summed E-state index contributed by atoms with van der Waals surface area (Å²) in [7, 11) is 0. The summed E-state index contributed by atoms with van der Waals surface area (Å²) in [5.41, 5.74) is 1.98. The second-order valence-electron chi connectivity index (χ2n) is 8.38. The van der Waals surface area contributed by atoms with E-state index in [-0.39, 0.29) is 23.8 Å². The number of rotatable bonds is 4. The Morgan fingerprint density at radius 2 is 1.77 bits per heavy atom. The summed E-state index contributed by atoms with van der Waals surface area (Å²) in [5, 5.41) is 0. The zero-order valence-electron chi connectivity index (χ0n) is 17.9. The number of piperazine rings is 1. The van der Waals surface area contributed by atoms with Crippen LogP contribution in [-0.2, 0) is 9.59 Å². The van der Waals surface area contributed by atoms with Crippen molar-refractivity contribution in [2.24, 2.45) is 5.92 Å². The van der Waals surface area contributed by atoms with Crippen LogP contribution in [0.3, 0.4) is 0 Å². The second-order valence-corrected chi connectivity index (χ2v) is 8.38. The van der Waals surface area contributed by atoms with Crippen molar-refractivity contribution in [1.29, 1.82) is 0 Å². The average Bonchev–Trinajstić information content (AvgIpc) is 3.15. The molecule has 30 heavy (non-hydrogen) atoms. The zero-order chi connectivity index (χ0) is 21.3. The number of benzene rings is 1. The van der Waals surface area contributed by atoms with Crippen LogP contribution >= 0.6 is 0 Å². The van der Waals surface area contributed by atoms with Crippen LogP contribution in [0.4, 0.5) is 5.82 Å². The van der Waals surface area contributed by atoms with Gasteiger partial charge in [-0.05, 0) is 20.8 Å². The highest BCUT2D eigenvalue weighted by Crippen LogP contribution is 2.25. The second kappa shape index (κ2) is 8.42. The lowest BCUT2D eigenvalue weighted by Crippen LogP contribution is -2.51. The first-order chi connectivity index (χ1) is 14.4. The summed E-state index contributed by atoms with van der Waals surface area (Å²) in [5.74, 6) is 1.62. The van der Waals surface area contributed by atoms with Crippen LogP contribution in [-0.4, -0.2) is 70.3 Å². The van der Waals surface area contributed by atoms with E-state index in [1.54, 1.807) is 0 Å². The Kier molecular flexibility index (Phi) is 5.70. The molecule has 2 saturated heterocycles. The van der Waals surface area contributed by atoms with Gasteiger partial charge in [0.15, 0.2) is 0 Å². The van der Waals surface area contributed by atoms with Gasteiger partial charge in [0.25, 0.3) is 0 Å². The minimum absolute atomic E-state index is 0.0897. The van der Waals surface area contributed by atoms with Gasteiger partial charge in [-0.3, -0.25) is 9.59 Å². The number of anilines is 1. The van der Waals surface area contributed by atoms with Gasteiger partial charge in [-0.2, -0.15) is 0 Å². The Bertz CT molecular complexity index is 922. The van der Waals surface area contributed by atoms with Crippen molar-refractivity contribution >= 4 is 17.6 Å². The smallest absolute Gasteiger partial charge is 0.228 e. The molecule has 1 aromatic carbocycles. The number of aryl methyl sites for hydroxylation is 1. The predicted molar refractivity (Wildman–Crippen MR) is 116 cm³/mol. The van der Waals surface area contributed by atoms with Gasteiger partial charge < -0.3 is 14.7 Å². The van der Waals surface area contributed by atoms with Crippen LogP contribution in [0.25, 0.3) is 11.3 Å². The summed E-state index contributed by atoms with van der Waals surface area (Å²) in [6.07, 6.45) is 0.336. The summed E-state index contributed by atoms with van der Waals surface area (Å²) in [4.78, 5) is 40.3. The first kappa shape index (κ1) is 20.3. The highest BCUT2D eigenvalue weighted by Gasteiger charge is 2.38. The first-order valence-electron chi connectivity index (χ1n) is 10.7. The molecule has 2 fully saturated rings. The van der Waals surface area contributed by atoms with Crippen molar-refractivity contribution in [3.8, 4) is 11.3 Å². The van der Waals surface area contributed by atoms with E-state index in [1.165, 1.54) is 0 Å². The van der Waals surface area contributed by atoms with Crippen LogP contribution in [0.2, 0.25) is 0 Å². The number of likely N-dealkylation sites (tertiary alicyclic amines) is 1. The topological polar surface area (TPSA) is 69.6 Å². The molecule has 7 heteroatoms. The lowest BCUT2D eigenvalue weighted by atomic mass is 10.1. The maximum atomic E-state index is 13.0. The van der Waals surface area contributed by atoms with Gasteiger partial charge in [0.05, 0.1) is 11.6 Å². The number of nitrogens with zero attached hydrogens (tertiary/aromatic N) is 5. The molecule has 2 aliphatic rings. The minimum atomic E-state index is -0.211. The van der Waals surface area contributed by atoms with Gasteiger partial charge in [-0.1, -0.05) is 30.3 Å². The number of hydrogen-bond donors (Lipinski definition) is 0. The van der Waals surface area contributed by atoms with Crippen molar-refractivity contribution in [1.82, 2.24) is 19.8 Å². The summed E-state index contributed by atoms with van der Waals surface area (Å²) < 4.78 is 0. The number of carbonyl (C=O) groups excluding carboxylic acids is 2. The highest BCUT2D eigenvalue weighted by atomic mass is 16.2. The Morgan fingerprint density at radius 1 is 1.07 bits per heavy atom. The maximum Gasteiger partial charge on any atom is 0.228 e. The van der Waals surface area contributed by atoms with Crippen LogP contribution in [0.15, 0.2) is 36.4 Å². The Balaban J connectivity index is 1.41. The van der Waals surface area contributed by atoms with Crippen molar-refractivity contribution in [2.45, 2.75) is 33.2 Å². The van der Waals surface area contributed by atoms with E-state index in [0.29, 0.717) is 26.1 Å². The molecule has 1 aromatic heterocycles. The van der Waals surface area contributed by atoms with Crippen molar-refractivity contribution < 1.29 is 9.59 Å². The Morgan fingerprint density at radius 3 is 2.40 bits per heavy atom. The molecule has 1 unspecified atom stereocenters. The molecule has 0 N–H and O–H groups in total.